The molecule has 0 saturated heterocycles. The minimum absolute atomic E-state index is 0.0991. The summed E-state index contributed by atoms with van der Waals surface area (Å²) in [5.74, 6) is -1.10. The molecule has 0 aliphatic heterocycles. The number of aryl methyl sites for hydroxylation is 1. The van der Waals surface area contributed by atoms with Crippen LogP contribution in [0, 0.1) is 12.7 Å². The molecule has 2 aromatic carbocycles. The zero-order chi connectivity index (χ0) is 13.8. The molecule has 0 aliphatic rings. The fraction of sp³-hybridized carbons (Fsp3) is 0.133. The molecule has 0 fully saturated rings. The van der Waals surface area contributed by atoms with Crippen molar-refractivity contribution in [1.82, 2.24) is 0 Å². The Morgan fingerprint density at radius 3 is 2.74 bits per heavy atom. The van der Waals surface area contributed by atoms with Crippen LogP contribution < -0.4 is 4.74 Å². The van der Waals surface area contributed by atoms with Gasteiger partial charge in [-0.3, -0.25) is 0 Å². The highest BCUT2D eigenvalue weighted by atomic mass is 19.1. The normalized spacial score (nSPS) is 10.2. The monoisotopic (exact) mass is 260 g/mol. The van der Waals surface area contributed by atoms with E-state index in [-0.39, 0.29) is 23.7 Å². The van der Waals surface area contributed by atoms with Gasteiger partial charge in [-0.1, -0.05) is 18.2 Å². The third kappa shape index (κ3) is 3.31. The van der Waals surface area contributed by atoms with Gasteiger partial charge in [0.2, 0.25) is 0 Å². The number of halogens is 1. The molecule has 0 radical (unpaired) electrons. The molecule has 2 aromatic rings. The van der Waals surface area contributed by atoms with Crippen molar-refractivity contribution in [3.63, 3.8) is 0 Å². The van der Waals surface area contributed by atoms with Gasteiger partial charge >= 0.3 is 5.97 Å². The number of ether oxygens (including phenoxy) is 1. The van der Waals surface area contributed by atoms with Gasteiger partial charge in [0.05, 0.1) is 0 Å². The number of aromatic carboxylic acids is 1. The van der Waals surface area contributed by atoms with Crippen LogP contribution in [0.25, 0.3) is 0 Å². The number of rotatable bonds is 4. The van der Waals surface area contributed by atoms with Crippen molar-refractivity contribution in [2.45, 2.75) is 13.5 Å². The van der Waals surface area contributed by atoms with E-state index in [1.807, 2.05) is 6.92 Å². The van der Waals surface area contributed by atoms with E-state index in [0.717, 1.165) is 5.56 Å². The second-order valence-corrected chi connectivity index (χ2v) is 4.22. The smallest absolute Gasteiger partial charge is 0.339 e. The standard InChI is InChI=1S/C15H13FO3/c1-10-5-6-13(15(17)18)14(7-10)19-9-11-3-2-4-12(16)8-11/h2-8H,9H2,1H3,(H,17,18). The number of carboxylic acids is 1. The number of carboxylic acid groups (broad SMARTS) is 1. The van der Waals surface area contributed by atoms with Crippen LogP contribution in [0.4, 0.5) is 4.39 Å². The molecular weight excluding hydrogens is 247 g/mol. The van der Waals surface area contributed by atoms with Crippen LogP contribution in [0.1, 0.15) is 21.5 Å². The first-order chi connectivity index (χ1) is 9.06. The first-order valence-corrected chi connectivity index (χ1v) is 5.77. The van der Waals surface area contributed by atoms with Crippen molar-refractivity contribution in [1.29, 1.82) is 0 Å². The maximum absolute atomic E-state index is 13.0. The van der Waals surface area contributed by atoms with Crippen LogP contribution in [0.5, 0.6) is 5.75 Å². The van der Waals surface area contributed by atoms with Gasteiger partial charge in [-0.15, -0.1) is 0 Å². The lowest BCUT2D eigenvalue weighted by Gasteiger charge is -2.10. The highest BCUT2D eigenvalue weighted by Gasteiger charge is 2.11. The largest absolute Gasteiger partial charge is 0.488 e. The summed E-state index contributed by atoms with van der Waals surface area (Å²) in [5, 5.41) is 9.06. The van der Waals surface area contributed by atoms with Crippen LogP contribution in [0.3, 0.4) is 0 Å². The lowest BCUT2D eigenvalue weighted by Crippen LogP contribution is -2.04. The SMILES string of the molecule is Cc1ccc(C(=O)O)c(OCc2cccc(F)c2)c1. The molecule has 2 rings (SSSR count). The van der Waals surface area contributed by atoms with Gasteiger partial charge in [-0.2, -0.15) is 0 Å². The topological polar surface area (TPSA) is 46.5 Å². The Balaban J connectivity index is 2.19. The van der Waals surface area contributed by atoms with Gasteiger partial charge in [0.25, 0.3) is 0 Å². The molecule has 0 bridgehead atoms. The Bertz CT molecular complexity index is 608. The van der Waals surface area contributed by atoms with E-state index in [9.17, 15) is 9.18 Å². The highest BCUT2D eigenvalue weighted by molar-refractivity contribution is 5.90. The number of benzene rings is 2. The summed E-state index contributed by atoms with van der Waals surface area (Å²) >= 11 is 0. The molecule has 0 spiro atoms. The third-order valence-corrected chi connectivity index (χ3v) is 2.65. The lowest BCUT2D eigenvalue weighted by atomic mass is 10.1. The molecule has 1 N–H and O–H groups in total. The highest BCUT2D eigenvalue weighted by Crippen LogP contribution is 2.21. The summed E-state index contributed by atoms with van der Waals surface area (Å²) in [6.45, 7) is 1.97. The number of hydrogen-bond acceptors (Lipinski definition) is 2. The molecule has 3 nitrogen and oxygen atoms in total. The van der Waals surface area contributed by atoms with Gasteiger partial charge in [0, 0.05) is 0 Å². The van der Waals surface area contributed by atoms with Crippen LogP contribution >= 0.6 is 0 Å². The van der Waals surface area contributed by atoms with Gasteiger partial charge in [-0.05, 0) is 42.3 Å². The average molecular weight is 260 g/mol. The fourth-order valence-electron chi connectivity index (χ4n) is 1.71. The summed E-state index contributed by atoms with van der Waals surface area (Å²) in [6, 6.07) is 10.9. The first-order valence-electron chi connectivity index (χ1n) is 5.77. The van der Waals surface area contributed by atoms with Crippen LogP contribution in [-0.2, 0) is 6.61 Å². The quantitative estimate of drug-likeness (QED) is 0.916. The minimum Gasteiger partial charge on any atom is -0.488 e. The van der Waals surface area contributed by atoms with Crippen molar-refractivity contribution >= 4 is 5.97 Å². The molecule has 4 heteroatoms. The Labute approximate surface area is 110 Å². The second kappa shape index (κ2) is 5.52. The second-order valence-electron chi connectivity index (χ2n) is 4.22. The van der Waals surface area contributed by atoms with E-state index < -0.39 is 5.97 Å². The van der Waals surface area contributed by atoms with Crippen molar-refractivity contribution in [2.75, 3.05) is 0 Å². The summed E-state index contributed by atoms with van der Waals surface area (Å²) in [6.07, 6.45) is 0. The van der Waals surface area contributed by atoms with Gasteiger partial charge in [0.15, 0.2) is 0 Å². The van der Waals surface area contributed by atoms with E-state index >= 15 is 0 Å². The maximum Gasteiger partial charge on any atom is 0.339 e. The van der Waals surface area contributed by atoms with E-state index in [4.69, 9.17) is 9.84 Å². The number of hydrogen-bond donors (Lipinski definition) is 1. The van der Waals surface area contributed by atoms with Gasteiger partial charge < -0.3 is 9.84 Å². The first kappa shape index (κ1) is 13.1. The van der Waals surface area contributed by atoms with E-state index in [1.165, 1.54) is 18.2 Å². The molecule has 0 aromatic heterocycles. The third-order valence-electron chi connectivity index (χ3n) is 2.65. The summed E-state index contributed by atoms with van der Waals surface area (Å²) < 4.78 is 18.5. The molecule has 0 amide bonds. The van der Waals surface area contributed by atoms with Gasteiger partial charge in [-0.25, -0.2) is 9.18 Å². The molecule has 0 aliphatic carbocycles. The van der Waals surface area contributed by atoms with Crippen molar-refractivity contribution in [3.8, 4) is 5.75 Å². The Morgan fingerprint density at radius 2 is 2.05 bits per heavy atom. The zero-order valence-corrected chi connectivity index (χ0v) is 10.4. The van der Waals surface area contributed by atoms with E-state index in [0.29, 0.717) is 5.56 Å². The molecule has 0 atom stereocenters. The van der Waals surface area contributed by atoms with E-state index in [2.05, 4.69) is 0 Å². The Hall–Kier alpha value is -2.36. The molecule has 0 saturated carbocycles. The van der Waals surface area contributed by atoms with E-state index in [1.54, 1.807) is 24.3 Å². The molecular formula is C15H13FO3. The van der Waals surface area contributed by atoms with Crippen LogP contribution in [0.2, 0.25) is 0 Å². The fourth-order valence-corrected chi connectivity index (χ4v) is 1.71. The average Bonchev–Trinajstić information content (AvgIpc) is 2.36. The van der Waals surface area contributed by atoms with Gasteiger partial charge in [0.1, 0.15) is 23.7 Å². The predicted octanol–water partition coefficient (Wildman–Crippen LogP) is 3.41. The van der Waals surface area contributed by atoms with Crippen LogP contribution in [-0.4, -0.2) is 11.1 Å². The summed E-state index contributed by atoms with van der Waals surface area (Å²) in [7, 11) is 0. The minimum atomic E-state index is -1.05. The van der Waals surface area contributed by atoms with Crippen molar-refractivity contribution in [3.05, 3.63) is 65.0 Å². The van der Waals surface area contributed by atoms with Crippen LogP contribution in [0.15, 0.2) is 42.5 Å². The Kier molecular flexibility index (Phi) is 3.80. The molecule has 0 unspecified atom stereocenters. The maximum atomic E-state index is 13.0. The lowest BCUT2D eigenvalue weighted by molar-refractivity contribution is 0.0691. The predicted molar refractivity (Wildman–Crippen MR) is 68.9 cm³/mol. The summed E-state index contributed by atoms with van der Waals surface area (Å²) in [5.41, 5.74) is 1.65. The zero-order valence-electron chi connectivity index (χ0n) is 10.4. The Morgan fingerprint density at radius 1 is 1.26 bits per heavy atom. The molecule has 98 valence electrons. The molecule has 19 heavy (non-hydrogen) atoms. The van der Waals surface area contributed by atoms with Crippen molar-refractivity contribution in [2.24, 2.45) is 0 Å². The number of carbonyl (C=O) groups is 1. The van der Waals surface area contributed by atoms with Crippen molar-refractivity contribution < 1.29 is 19.0 Å². The summed E-state index contributed by atoms with van der Waals surface area (Å²) in [4.78, 5) is 11.1. The molecule has 0 heterocycles.